The number of nitrogens with one attached hydrogen (secondary N) is 1. The maximum atomic E-state index is 12.1. The van der Waals surface area contributed by atoms with Crippen molar-refractivity contribution in [2.24, 2.45) is 5.73 Å². The van der Waals surface area contributed by atoms with Gasteiger partial charge in [0.1, 0.15) is 0 Å². The Morgan fingerprint density at radius 2 is 2.00 bits per heavy atom. The topological polar surface area (TPSA) is 81.4 Å². The predicted molar refractivity (Wildman–Crippen MR) is 80.0 cm³/mol. The number of rotatable bonds is 9. The molecule has 0 aliphatic carbocycles. The van der Waals surface area contributed by atoms with Crippen molar-refractivity contribution in [3.05, 3.63) is 29.3 Å². The zero-order valence-electron chi connectivity index (χ0n) is 12.2. The number of ether oxygens (including phenoxy) is 1. The van der Waals surface area contributed by atoms with Crippen molar-refractivity contribution >= 4 is 10.0 Å². The molecule has 0 unspecified atom stereocenters. The highest BCUT2D eigenvalue weighted by molar-refractivity contribution is 7.89. The van der Waals surface area contributed by atoms with E-state index in [4.69, 9.17) is 10.5 Å². The Morgan fingerprint density at radius 3 is 2.60 bits per heavy atom. The van der Waals surface area contributed by atoms with Crippen molar-refractivity contribution in [1.29, 1.82) is 0 Å². The first-order valence-corrected chi connectivity index (χ1v) is 8.28. The average molecular weight is 300 g/mol. The van der Waals surface area contributed by atoms with Gasteiger partial charge in [0.05, 0.1) is 4.90 Å². The first kappa shape index (κ1) is 17.1. The molecule has 114 valence electrons. The maximum absolute atomic E-state index is 12.1. The van der Waals surface area contributed by atoms with Crippen LogP contribution < -0.4 is 10.5 Å². The van der Waals surface area contributed by atoms with Crippen LogP contribution in [0.15, 0.2) is 23.1 Å². The summed E-state index contributed by atoms with van der Waals surface area (Å²) in [6.45, 7) is 3.45. The van der Waals surface area contributed by atoms with Crippen molar-refractivity contribution in [2.45, 2.75) is 37.6 Å². The Bertz CT molecular complexity index is 515. The number of methoxy groups -OCH3 is 1. The van der Waals surface area contributed by atoms with E-state index in [1.807, 2.05) is 6.92 Å². The first-order valence-electron chi connectivity index (χ1n) is 6.79. The summed E-state index contributed by atoms with van der Waals surface area (Å²) in [7, 11) is -1.76. The lowest BCUT2D eigenvalue weighted by atomic mass is 10.1. The predicted octanol–water partition coefficient (Wildman–Crippen LogP) is 1.55. The normalized spacial score (nSPS) is 11.8. The van der Waals surface area contributed by atoms with Gasteiger partial charge >= 0.3 is 0 Å². The third-order valence-corrected chi connectivity index (χ3v) is 4.62. The van der Waals surface area contributed by atoms with E-state index in [2.05, 4.69) is 4.72 Å². The van der Waals surface area contributed by atoms with Crippen LogP contribution in [0.4, 0.5) is 0 Å². The molecule has 0 bridgehead atoms. The average Bonchev–Trinajstić information content (AvgIpc) is 2.42. The van der Waals surface area contributed by atoms with Crippen LogP contribution in [-0.2, 0) is 21.3 Å². The molecule has 0 fully saturated rings. The zero-order valence-corrected chi connectivity index (χ0v) is 13.0. The number of sulfonamides is 1. The molecule has 0 saturated carbocycles. The van der Waals surface area contributed by atoms with Crippen molar-refractivity contribution in [1.82, 2.24) is 4.72 Å². The molecule has 1 aromatic rings. The Hall–Kier alpha value is -0.950. The van der Waals surface area contributed by atoms with Crippen LogP contribution in [-0.4, -0.2) is 28.7 Å². The Labute approximate surface area is 121 Å². The maximum Gasteiger partial charge on any atom is 0.240 e. The smallest absolute Gasteiger partial charge is 0.240 e. The van der Waals surface area contributed by atoms with Crippen LogP contribution in [0.2, 0.25) is 0 Å². The van der Waals surface area contributed by atoms with Gasteiger partial charge in [0.25, 0.3) is 0 Å². The van der Waals surface area contributed by atoms with Gasteiger partial charge in [-0.05, 0) is 49.4 Å². The van der Waals surface area contributed by atoms with Crippen LogP contribution in [0, 0.1) is 6.92 Å². The lowest BCUT2D eigenvalue weighted by molar-refractivity contribution is 0.192. The van der Waals surface area contributed by atoms with Gasteiger partial charge in [-0.25, -0.2) is 13.1 Å². The van der Waals surface area contributed by atoms with E-state index in [0.29, 0.717) is 24.6 Å². The summed E-state index contributed by atoms with van der Waals surface area (Å²) in [4.78, 5) is 0.295. The van der Waals surface area contributed by atoms with Crippen molar-refractivity contribution in [3.63, 3.8) is 0 Å². The van der Waals surface area contributed by atoms with Crippen LogP contribution >= 0.6 is 0 Å². The molecule has 3 N–H and O–H groups in total. The zero-order chi connectivity index (χ0) is 15.0. The Kier molecular flexibility index (Phi) is 7.15. The Balaban J connectivity index is 2.54. The lowest BCUT2D eigenvalue weighted by Crippen LogP contribution is -2.25. The molecule has 5 nitrogen and oxygen atoms in total. The Morgan fingerprint density at radius 1 is 1.25 bits per heavy atom. The van der Waals surface area contributed by atoms with Gasteiger partial charge in [-0.1, -0.05) is 6.07 Å². The molecular formula is C14H24N2O3S. The van der Waals surface area contributed by atoms with Crippen molar-refractivity contribution in [2.75, 3.05) is 20.3 Å². The minimum Gasteiger partial charge on any atom is -0.385 e. The fourth-order valence-electron chi connectivity index (χ4n) is 1.90. The van der Waals surface area contributed by atoms with Crippen LogP contribution in [0.25, 0.3) is 0 Å². The molecular weight excluding hydrogens is 276 g/mol. The van der Waals surface area contributed by atoms with Gasteiger partial charge in [-0.3, -0.25) is 0 Å². The van der Waals surface area contributed by atoms with Gasteiger partial charge in [-0.15, -0.1) is 0 Å². The van der Waals surface area contributed by atoms with Gasteiger partial charge < -0.3 is 10.5 Å². The molecule has 6 heteroatoms. The molecule has 0 amide bonds. The molecule has 0 saturated heterocycles. The van der Waals surface area contributed by atoms with E-state index < -0.39 is 10.0 Å². The molecule has 1 rings (SSSR count). The minimum absolute atomic E-state index is 0.295. The van der Waals surface area contributed by atoms with E-state index in [1.165, 1.54) is 0 Å². The number of aryl methyl sites for hydroxylation is 1. The van der Waals surface area contributed by atoms with E-state index in [9.17, 15) is 8.42 Å². The number of nitrogens with two attached hydrogens (primary N) is 1. The number of benzene rings is 1. The highest BCUT2D eigenvalue weighted by Crippen LogP contribution is 2.15. The molecule has 1 aromatic carbocycles. The van der Waals surface area contributed by atoms with Crippen LogP contribution in [0.3, 0.4) is 0 Å². The summed E-state index contributed by atoms with van der Waals surface area (Å²) in [5.74, 6) is 0. The van der Waals surface area contributed by atoms with Crippen molar-refractivity contribution in [3.8, 4) is 0 Å². The summed E-state index contributed by atoms with van der Waals surface area (Å²) in [6.07, 6.45) is 2.70. The number of unbranched alkanes of at least 4 members (excludes halogenated alkanes) is 2. The fourth-order valence-corrected chi connectivity index (χ4v) is 3.06. The summed E-state index contributed by atoms with van der Waals surface area (Å²) in [5, 5.41) is 0. The molecule has 0 aromatic heterocycles. The van der Waals surface area contributed by atoms with Gasteiger partial charge in [0.15, 0.2) is 0 Å². The lowest BCUT2D eigenvalue weighted by Gasteiger charge is -2.09. The molecule has 0 heterocycles. The van der Waals surface area contributed by atoms with E-state index >= 15 is 0 Å². The monoisotopic (exact) mass is 300 g/mol. The molecule has 20 heavy (non-hydrogen) atoms. The van der Waals surface area contributed by atoms with E-state index in [-0.39, 0.29) is 0 Å². The molecule has 0 radical (unpaired) electrons. The summed E-state index contributed by atoms with van der Waals surface area (Å²) in [5.41, 5.74) is 7.43. The number of hydrogen-bond acceptors (Lipinski definition) is 4. The molecule has 0 spiro atoms. The molecule has 0 aliphatic rings. The molecule has 0 aliphatic heterocycles. The number of hydrogen-bond donors (Lipinski definition) is 2. The summed E-state index contributed by atoms with van der Waals surface area (Å²) in [6, 6.07) is 5.03. The SMILES string of the molecule is COCCCCCNS(=O)(=O)c1ccc(CN)c(C)c1. The second kappa shape index (κ2) is 8.36. The first-order chi connectivity index (χ1) is 9.51. The van der Waals surface area contributed by atoms with Gasteiger partial charge in [0, 0.05) is 26.8 Å². The second-order valence-corrected chi connectivity index (χ2v) is 6.51. The minimum atomic E-state index is -3.42. The largest absolute Gasteiger partial charge is 0.385 e. The molecule has 0 atom stereocenters. The van der Waals surface area contributed by atoms with E-state index in [1.54, 1.807) is 25.3 Å². The van der Waals surface area contributed by atoms with E-state index in [0.717, 1.165) is 30.4 Å². The van der Waals surface area contributed by atoms with Crippen LogP contribution in [0.1, 0.15) is 30.4 Å². The van der Waals surface area contributed by atoms with Crippen LogP contribution in [0.5, 0.6) is 0 Å². The fraction of sp³-hybridized carbons (Fsp3) is 0.571. The summed E-state index contributed by atoms with van der Waals surface area (Å²) < 4.78 is 31.8. The third kappa shape index (κ3) is 5.20. The quantitative estimate of drug-likeness (QED) is 0.678. The van der Waals surface area contributed by atoms with Gasteiger partial charge in [0.2, 0.25) is 10.0 Å². The summed E-state index contributed by atoms with van der Waals surface area (Å²) >= 11 is 0. The third-order valence-electron chi connectivity index (χ3n) is 3.16. The second-order valence-electron chi connectivity index (χ2n) is 4.74. The highest BCUT2D eigenvalue weighted by Gasteiger charge is 2.14. The van der Waals surface area contributed by atoms with Crippen molar-refractivity contribution < 1.29 is 13.2 Å². The highest BCUT2D eigenvalue weighted by atomic mass is 32.2. The van der Waals surface area contributed by atoms with Gasteiger partial charge in [-0.2, -0.15) is 0 Å². The standard InChI is InChI=1S/C14H24N2O3S/c1-12-10-14(7-6-13(12)11-15)20(17,18)16-8-4-3-5-9-19-2/h6-7,10,16H,3-5,8-9,11,15H2,1-2H3.